The maximum absolute atomic E-state index is 13.0. The Balaban J connectivity index is 2.54. The number of hydrogen-bond donors (Lipinski definition) is 1. The first kappa shape index (κ1) is 9.64. The van der Waals surface area contributed by atoms with E-state index in [1.165, 1.54) is 10.7 Å². The van der Waals surface area contributed by atoms with Crippen molar-refractivity contribution in [1.29, 1.82) is 0 Å². The van der Waals surface area contributed by atoms with Crippen LogP contribution in [0.5, 0.6) is 0 Å². The molecule has 0 amide bonds. The summed E-state index contributed by atoms with van der Waals surface area (Å²) in [5, 5.41) is 3.92. The molecule has 0 aliphatic heterocycles. The topological polar surface area (TPSA) is 43.8 Å². The van der Waals surface area contributed by atoms with Gasteiger partial charge in [0.05, 0.1) is 0 Å². The van der Waals surface area contributed by atoms with Crippen molar-refractivity contribution in [2.45, 2.75) is 0 Å². The van der Waals surface area contributed by atoms with E-state index in [0.29, 0.717) is 16.9 Å². The molecule has 0 aliphatic carbocycles. The van der Waals surface area contributed by atoms with Gasteiger partial charge in [-0.05, 0) is 17.7 Å². The molecule has 1 aromatic carbocycles. The lowest BCUT2D eigenvalue weighted by molar-refractivity contribution is 0.509. The first-order chi connectivity index (χ1) is 7.08. The van der Waals surface area contributed by atoms with Crippen LogP contribution in [0.4, 0.5) is 14.6 Å². The predicted molar refractivity (Wildman–Crippen MR) is 53.0 cm³/mol. The Labute approximate surface area is 85.1 Å². The van der Waals surface area contributed by atoms with Gasteiger partial charge in [-0.1, -0.05) is 6.07 Å². The van der Waals surface area contributed by atoms with Crippen LogP contribution < -0.4 is 5.73 Å². The van der Waals surface area contributed by atoms with E-state index < -0.39 is 11.6 Å². The number of hydrogen-bond acceptors (Lipinski definition) is 2. The first-order valence-corrected chi connectivity index (χ1v) is 4.32. The molecule has 2 N–H and O–H groups in total. The lowest BCUT2D eigenvalue weighted by atomic mass is 10.1. The molecule has 0 radical (unpaired) electrons. The molecule has 1 heterocycles. The van der Waals surface area contributed by atoms with Crippen molar-refractivity contribution in [1.82, 2.24) is 9.78 Å². The molecule has 0 saturated heterocycles. The summed E-state index contributed by atoms with van der Waals surface area (Å²) in [5.74, 6) is -1.47. The first-order valence-electron chi connectivity index (χ1n) is 4.32. The highest BCUT2D eigenvalue weighted by molar-refractivity contribution is 5.73. The predicted octanol–water partition coefficient (Wildman–Crippen LogP) is 1.95. The highest BCUT2D eigenvalue weighted by Gasteiger charge is 2.09. The van der Waals surface area contributed by atoms with Crippen molar-refractivity contribution < 1.29 is 8.78 Å². The lowest BCUT2D eigenvalue weighted by Gasteiger charge is -1.99. The SMILES string of the molecule is Cn1cc(-c2ccc(F)c(F)c2)c(N)n1. The summed E-state index contributed by atoms with van der Waals surface area (Å²) in [6, 6.07) is 3.63. The van der Waals surface area contributed by atoms with Gasteiger partial charge < -0.3 is 5.73 Å². The number of benzene rings is 1. The van der Waals surface area contributed by atoms with Gasteiger partial charge in [-0.2, -0.15) is 5.10 Å². The Morgan fingerprint density at radius 3 is 2.53 bits per heavy atom. The number of nitrogen functional groups attached to an aromatic ring is 1. The number of rotatable bonds is 1. The van der Waals surface area contributed by atoms with E-state index in [9.17, 15) is 8.78 Å². The fraction of sp³-hybridized carbons (Fsp3) is 0.100. The zero-order valence-electron chi connectivity index (χ0n) is 8.04. The third kappa shape index (κ3) is 1.68. The molecule has 0 spiro atoms. The van der Waals surface area contributed by atoms with E-state index in [1.54, 1.807) is 13.2 Å². The third-order valence-corrected chi connectivity index (χ3v) is 2.09. The van der Waals surface area contributed by atoms with Crippen LogP contribution in [0.2, 0.25) is 0 Å². The summed E-state index contributed by atoms with van der Waals surface area (Å²) in [4.78, 5) is 0. The minimum atomic E-state index is -0.893. The summed E-state index contributed by atoms with van der Waals surface area (Å²) in [5.41, 5.74) is 6.72. The van der Waals surface area contributed by atoms with Gasteiger partial charge in [-0.25, -0.2) is 8.78 Å². The quantitative estimate of drug-likeness (QED) is 0.780. The fourth-order valence-corrected chi connectivity index (χ4v) is 1.39. The fourth-order valence-electron chi connectivity index (χ4n) is 1.39. The van der Waals surface area contributed by atoms with Gasteiger partial charge in [0.2, 0.25) is 0 Å². The van der Waals surface area contributed by atoms with Gasteiger partial charge in [0.15, 0.2) is 17.5 Å². The molecule has 1 aromatic heterocycles. The molecule has 2 aromatic rings. The normalized spacial score (nSPS) is 10.6. The number of nitrogens with two attached hydrogens (primary N) is 1. The van der Waals surface area contributed by atoms with Gasteiger partial charge in [-0.3, -0.25) is 4.68 Å². The molecular formula is C10H9F2N3. The molecule has 15 heavy (non-hydrogen) atoms. The zero-order chi connectivity index (χ0) is 11.0. The van der Waals surface area contributed by atoms with Crippen LogP contribution in [0.25, 0.3) is 11.1 Å². The summed E-state index contributed by atoms with van der Waals surface area (Å²) in [6.07, 6.45) is 1.65. The van der Waals surface area contributed by atoms with E-state index in [2.05, 4.69) is 5.10 Å². The monoisotopic (exact) mass is 209 g/mol. The van der Waals surface area contributed by atoms with Crippen LogP contribution in [0, 0.1) is 11.6 Å². The zero-order valence-corrected chi connectivity index (χ0v) is 8.04. The minimum absolute atomic E-state index is 0.295. The van der Waals surface area contributed by atoms with Gasteiger partial charge in [0, 0.05) is 18.8 Å². The van der Waals surface area contributed by atoms with Crippen molar-refractivity contribution in [3.8, 4) is 11.1 Å². The summed E-state index contributed by atoms with van der Waals surface area (Å²) in [6.45, 7) is 0. The second-order valence-corrected chi connectivity index (χ2v) is 3.23. The van der Waals surface area contributed by atoms with Crippen LogP contribution in [0.15, 0.2) is 24.4 Å². The molecule has 0 bridgehead atoms. The smallest absolute Gasteiger partial charge is 0.159 e. The molecular weight excluding hydrogens is 200 g/mol. The van der Waals surface area contributed by atoms with Crippen LogP contribution in [0.1, 0.15) is 0 Å². The van der Waals surface area contributed by atoms with Gasteiger partial charge >= 0.3 is 0 Å². The van der Waals surface area contributed by atoms with Gasteiger partial charge in [-0.15, -0.1) is 0 Å². The summed E-state index contributed by atoms with van der Waals surface area (Å²) < 4.78 is 27.2. The Morgan fingerprint density at radius 1 is 1.27 bits per heavy atom. The second kappa shape index (κ2) is 3.34. The standard InChI is InChI=1S/C10H9F2N3/c1-15-5-7(10(13)14-15)6-2-3-8(11)9(12)4-6/h2-5H,1H3,(H2,13,14). The third-order valence-electron chi connectivity index (χ3n) is 2.09. The molecule has 0 saturated carbocycles. The van der Waals surface area contributed by atoms with Crippen molar-refractivity contribution in [3.05, 3.63) is 36.0 Å². The van der Waals surface area contributed by atoms with E-state index >= 15 is 0 Å². The molecule has 78 valence electrons. The Hall–Kier alpha value is -1.91. The minimum Gasteiger partial charge on any atom is -0.382 e. The van der Waals surface area contributed by atoms with E-state index in [0.717, 1.165) is 12.1 Å². The molecule has 0 aliphatic rings. The molecule has 2 rings (SSSR count). The number of aryl methyl sites for hydroxylation is 1. The van der Waals surface area contributed by atoms with Crippen LogP contribution in [-0.2, 0) is 7.05 Å². The number of aromatic nitrogens is 2. The molecule has 5 heteroatoms. The van der Waals surface area contributed by atoms with Gasteiger partial charge in [0.25, 0.3) is 0 Å². The molecule has 0 atom stereocenters. The van der Waals surface area contributed by atoms with Crippen LogP contribution >= 0.6 is 0 Å². The highest BCUT2D eigenvalue weighted by atomic mass is 19.2. The summed E-state index contributed by atoms with van der Waals surface area (Å²) in [7, 11) is 1.71. The maximum Gasteiger partial charge on any atom is 0.159 e. The van der Waals surface area contributed by atoms with Crippen molar-refractivity contribution in [3.63, 3.8) is 0 Å². The second-order valence-electron chi connectivity index (χ2n) is 3.23. The molecule has 0 unspecified atom stereocenters. The summed E-state index contributed by atoms with van der Waals surface area (Å²) >= 11 is 0. The maximum atomic E-state index is 13.0. The van der Waals surface area contributed by atoms with E-state index in [4.69, 9.17) is 5.73 Å². The average molecular weight is 209 g/mol. The molecule has 0 fully saturated rings. The van der Waals surface area contributed by atoms with Crippen LogP contribution in [0.3, 0.4) is 0 Å². The van der Waals surface area contributed by atoms with Crippen LogP contribution in [-0.4, -0.2) is 9.78 Å². The average Bonchev–Trinajstić information content (AvgIpc) is 2.50. The van der Waals surface area contributed by atoms with E-state index in [1.807, 2.05) is 0 Å². The van der Waals surface area contributed by atoms with Gasteiger partial charge in [0.1, 0.15) is 0 Å². The highest BCUT2D eigenvalue weighted by Crippen LogP contribution is 2.25. The largest absolute Gasteiger partial charge is 0.382 e. The lowest BCUT2D eigenvalue weighted by Crippen LogP contribution is -1.91. The van der Waals surface area contributed by atoms with Crippen molar-refractivity contribution in [2.75, 3.05) is 5.73 Å². The Kier molecular flexibility index (Phi) is 2.15. The van der Waals surface area contributed by atoms with Crippen molar-refractivity contribution in [2.24, 2.45) is 7.05 Å². The number of nitrogens with zero attached hydrogens (tertiary/aromatic N) is 2. The van der Waals surface area contributed by atoms with E-state index in [-0.39, 0.29) is 0 Å². The number of halogens is 2. The number of anilines is 1. The Bertz CT molecular complexity index is 505. The molecule has 3 nitrogen and oxygen atoms in total. The van der Waals surface area contributed by atoms with Crippen molar-refractivity contribution >= 4 is 5.82 Å². The Morgan fingerprint density at radius 2 is 2.00 bits per heavy atom.